The summed E-state index contributed by atoms with van der Waals surface area (Å²) >= 11 is 0. The van der Waals surface area contributed by atoms with Gasteiger partial charge >= 0.3 is 0 Å². The Kier molecular flexibility index (Phi) is 10.9. The number of hydrogen-bond acceptors (Lipinski definition) is 8. The van der Waals surface area contributed by atoms with Gasteiger partial charge in [0.05, 0.1) is 20.3 Å². The van der Waals surface area contributed by atoms with E-state index in [1.165, 1.54) is 0 Å². The Hall–Kier alpha value is -5.87. The number of rotatable bonds is 15. The van der Waals surface area contributed by atoms with Crippen molar-refractivity contribution in [3.05, 3.63) is 154 Å². The number of aliphatic hydroxyl groups is 1. The van der Waals surface area contributed by atoms with Gasteiger partial charge in [-0.3, -0.25) is 10.2 Å². The molecule has 0 radical (unpaired) electrons. The van der Waals surface area contributed by atoms with Gasteiger partial charge in [-0.15, -0.1) is 0 Å². The van der Waals surface area contributed by atoms with Crippen LogP contribution < -0.4 is 20.3 Å². The molecule has 0 unspecified atom stereocenters. The molecular weight excluding hydrogens is 632 g/mol. The second-order valence-electron chi connectivity index (χ2n) is 11.8. The summed E-state index contributed by atoms with van der Waals surface area (Å²) in [4.78, 5) is 22.8. The number of aliphatic imine (C=N–C) groups is 1. The molecule has 0 bridgehead atoms. The van der Waals surface area contributed by atoms with E-state index in [1.807, 2.05) is 84.9 Å². The highest BCUT2D eigenvalue weighted by molar-refractivity contribution is 6.01. The third-order valence-electron chi connectivity index (χ3n) is 8.67. The van der Waals surface area contributed by atoms with Crippen molar-refractivity contribution in [2.45, 2.75) is 37.6 Å². The monoisotopic (exact) mass is 670 g/mol. The van der Waals surface area contributed by atoms with E-state index >= 15 is 0 Å². The number of methoxy groups -OCH3 is 1. The van der Waals surface area contributed by atoms with Crippen molar-refractivity contribution in [1.82, 2.24) is 10.9 Å². The highest BCUT2D eigenvalue weighted by Gasteiger charge is 2.53. The summed E-state index contributed by atoms with van der Waals surface area (Å²) in [6.45, 7) is 0.912. The molecule has 0 saturated carbocycles. The average Bonchev–Trinajstić information content (AvgIpc) is 3.55. The van der Waals surface area contributed by atoms with Gasteiger partial charge in [-0.1, -0.05) is 84.0 Å². The van der Waals surface area contributed by atoms with Crippen molar-refractivity contribution in [1.29, 1.82) is 0 Å². The van der Waals surface area contributed by atoms with Crippen LogP contribution in [0.25, 0.3) is 21.2 Å². The van der Waals surface area contributed by atoms with Crippen molar-refractivity contribution < 1.29 is 24.1 Å². The predicted octanol–water partition coefficient (Wildman–Crippen LogP) is 6.74. The molecule has 11 heteroatoms. The molecule has 254 valence electrons. The Morgan fingerprint density at radius 2 is 1.68 bits per heavy atom. The molecule has 0 fully saturated rings. The maximum atomic E-state index is 14.8. The predicted molar refractivity (Wildman–Crippen MR) is 192 cm³/mol. The van der Waals surface area contributed by atoms with Gasteiger partial charge in [0.2, 0.25) is 5.90 Å². The Morgan fingerprint density at radius 3 is 2.48 bits per heavy atom. The molecule has 0 saturated heterocycles. The van der Waals surface area contributed by atoms with Gasteiger partial charge in [0.15, 0.2) is 11.6 Å². The van der Waals surface area contributed by atoms with E-state index < -0.39 is 17.6 Å². The zero-order valence-electron chi connectivity index (χ0n) is 27.7. The van der Waals surface area contributed by atoms with Crippen LogP contribution in [0.15, 0.2) is 125 Å². The number of fused-ring (bicyclic) bond motifs is 1. The Morgan fingerprint density at radius 1 is 0.940 bits per heavy atom. The molecule has 50 heavy (non-hydrogen) atoms. The minimum absolute atomic E-state index is 0.0430. The first kappa shape index (κ1) is 34.0. The Balaban J connectivity index is 1.40. The lowest BCUT2D eigenvalue weighted by Gasteiger charge is -2.31. The SMILES string of the molecule is COc1cccc([C@@H]2OC(c3ccc(OCCCO)cc3)=N[C@]2(Cc2ccccc2CN=[N+]=[N-])C(=O)NNCc2cccc3ccccc23)c1. The number of carbonyl (C=O) groups excluding carboxylic acids is 1. The summed E-state index contributed by atoms with van der Waals surface area (Å²) in [6.07, 6.45) is -0.202. The van der Waals surface area contributed by atoms with E-state index in [0.717, 1.165) is 27.5 Å². The van der Waals surface area contributed by atoms with Crippen LogP contribution in [0.4, 0.5) is 0 Å². The number of nitrogens with one attached hydrogen (secondary N) is 2. The first-order chi connectivity index (χ1) is 24.5. The molecule has 5 aromatic carbocycles. The van der Waals surface area contributed by atoms with E-state index in [9.17, 15) is 4.79 Å². The number of hydrazine groups is 1. The van der Waals surface area contributed by atoms with Crippen LogP contribution in [0.1, 0.15) is 40.3 Å². The lowest BCUT2D eigenvalue weighted by Crippen LogP contribution is -2.53. The largest absolute Gasteiger partial charge is 0.497 e. The molecule has 2 atom stereocenters. The summed E-state index contributed by atoms with van der Waals surface area (Å²) in [5.74, 6) is 1.13. The van der Waals surface area contributed by atoms with Gasteiger partial charge in [-0.05, 0) is 75.0 Å². The first-order valence-corrected chi connectivity index (χ1v) is 16.4. The molecule has 1 heterocycles. The summed E-state index contributed by atoms with van der Waals surface area (Å²) in [7, 11) is 1.59. The Bertz CT molecular complexity index is 2020. The van der Waals surface area contributed by atoms with Crippen LogP contribution >= 0.6 is 0 Å². The molecule has 1 aliphatic heterocycles. The summed E-state index contributed by atoms with van der Waals surface area (Å²) in [5, 5.41) is 15.1. The number of carbonyl (C=O) groups is 1. The van der Waals surface area contributed by atoms with Gasteiger partial charge in [-0.2, -0.15) is 0 Å². The van der Waals surface area contributed by atoms with Crippen LogP contribution in [0, 0.1) is 0 Å². The number of benzene rings is 5. The molecule has 11 nitrogen and oxygen atoms in total. The first-order valence-electron chi connectivity index (χ1n) is 16.4. The minimum Gasteiger partial charge on any atom is -0.497 e. The molecule has 0 aromatic heterocycles. The average molecular weight is 671 g/mol. The number of azide groups is 1. The van der Waals surface area contributed by atoms with Crippen molar-refractivity contribution in [3.8, 4) is 11.5 Å². The quantitative estimate of drug-likeness (QED) is 0.0369. The van der Waals surface area contributed by atoms with E-state index in [1.54, 1.807) is 19.2 Å². The van der Waals surface area contributed by atoms with Gasteiger partial charge in [0.1, 0.15) is 11.5 Å². The van der Waals surface area contributed by atoms with Gasteiger partial charge in [-0.25, -0.2) is 10.4 Å². The summed E-state index contributed by atoms with van der Waals surface area (Å²) < 4.78 is 18.0. The number of nitrogens with zero attached hydrogens (tertiary/aromatic N) is 4. The lowest BCUT2D eigenvalue weighted by molar-refractivity contribution is -0.130. The molecular formula is C39H38N6O5. The zero-order valence-corrected chi connectivity index (χ0v) is 27.7. The Labute approximate surface area is 290 Å². The van der Waals surface area contributed by atoms with Crippen LogP contribution in [0.2, 0.25) is 0 Å². The molecule has 6 rings (SSSR count). The molecule has 0 spiro atoms. The molecule has 5 aromatic rings. The second kappa shape index (κ2) is 16.0. The molecule has 1 aliphatic rings. The molecule has 3 N–H and O–H groups in total. The third-order valence-corrected chi connectivity index (χ3v) is 8.67. The van der Waals surface area contributed by atoms with E-state index in [2.05, 4.69) is 39.1 Å². The number of amides is 1. The maximum Gasteiger partial charge on any atom is 0.266 e. The van der Waals surface area contributed by atoms with Gasteiger partial charge in [0.25, 0.3) is 5.91 Å². The van der Waals surface area contributed by atoms with E-state index in [0.29, 0.717) is 42.2 Å². The fourth-order valence-corrected chi connectivity index (χ4v) is 6.14. The van der Waals surface area contributed by atoms with Crippen molar-refractivity contribution in [2.24, 2.45) is 10.1 Å². The minimum atomic E-state index is -1.50. The highest BCUT2D eigenvalue weighted by Crippen LogP contribution is 2.43. The molecule has 1 amide bonds. The van der Waals surface area contributed by atoms with Crippen LogP contribution in [0.5, 0.6) is 11.5 Å². The fourth-order valence-electron chi connectivity index (χ4n) is 6.14. The standard InChI is InChI=1S/C39H38N6O5/c1-48-34-15-7-13-29(23-34)36-39(24-30-10-2-3-11-31(30)25-42-45-40,43-37(50-36)28-17-19-33(20-18-28)49-22-8-21-46)38(47)44-41-26-32-14-6-12-27-9-4-5-16-35(27)32/h2-7,9-20,23,36,41,46H,8,21-22,24-26H2,1H3,(H,44,47)/t36-,39-/m0/s1. The third kappa shape index (κ3) is 7.55. The number of aliphatic hydroxyl groups excluding tert-OH is 1. The normalized spacial score (nSPS) is 16.6. The van der Waals surface area contributed by atoms with Crippen LogP contribution in [0.3, 0.4) is 0 Å². The smallest absolute Gasteiger partial charge is 0.266 e. The lowest BCUT2D eigenvalue weighted by atomic mass is 9.81. The summed E-state index contributed by atoms with van der Waals surface area (Å²) in [5.41, 5.74) is 17.7. The van der Waals surface area contributed by atoms with Gasteiger partial charge in [0, 0.05) is 36.5 Å². The van der Waals surface area contributed by atoms with E-state index in [-0.39, 0.29) is 25.5 Å². The van der Waals surface area contributed by atoms with Crippen molar-refractivity contribution >= 4 is 22.6 Å². The highest BCUT2D eigenvalue weighted by atomic mass is 16.5. The maximum absolute atomic E-state index is 14.8. The van der Waals surface area contributed by atoms with Gasteiger partial charge < -0.3 is 19.3 Å². The van der Waals surface area contributed by atoms with Crippen LogP contribution in [-0.4, -0.2) is 42.8 Å². The van der Waals surface area contributed by atoms with Crippen LogP contribution in [-0.2, 0) is 29.0 Å². The van der Waals surface area contributed by atoms with Crippen molar-refractivity contribution in [2.75, 3.05) is 20.3 Å². The fraction of sp³-hybridized carbons (Fsp3) is 0.231. The number of ether oxygens (including phenoxy) is 3. The van der Waals surface area contributed by atoms with E-state index in [4.69, 9.17) is 29.8 Å². The topological polar surface area (TPSA) is 150 Å². The zero-order chi connectivity index (χ0) is 34.8. The summed E-state index contributed by atoms with van der Waals surface area (Å²) in [6, 6.07) is 36.4. The second-order valence-corrected chi connectivity index (χ2v) is 11.8. The molecule has 0 aliphatic carbocycles. The van der Waals surface area contributed by atoms with Crippen molar-refractivity contribution in [3.63, 3.8) is 0 Å². The number of hydrogen-bond donors (Lipinski definition) is 3.